The minimum Gasteiger partial charge on any atom is -0.383 e. The van der Waals surface area contributed by atoms with Gasteiger partial charge in [-0.2, -0.15) is 13.2 Å². The molecule has 0 radical (unpaired) electrons. The first-order valence-electron chi connectivity index (χ1n) is 10.1. The van der Waals surface area contributed by atoms with Crippen LogP contribution >= 0.6 is 0 Å². The molecule has 1 aliphatic rings. The lowest BCUT2D eigenvalue weighted by molar-refractivity contribution is -0.137. The van der Waals surface area contributed by atoms with Gasteiger partial charge in [0, 0.05) is 61.5 Å². The average Bonchev–Trinajstić information content (AvgIpc) is 3.22. The number of hydrogen-bond donors (Lipinski definition) is 2. The van der Waals surface area contributed by atoms with Crippen LogP contribution in [0.3, 0.4) is 0 Å². The zero-order chi connectivity index (χ0) is 22.3. The number of hydrogen-bond acceptors (Lipinski definition) is 6. The highest BCUT2D eigenvalue weighted by Crippen LogP contribution is 2.35. The Kier molecular flexibility index (Phi) is 4.93. The first-order chi connectivity index (χ1) is 15.4. The number of fused-ring (bicyclic) bond motifs is 1. The lowest BCUT2D eigenvalue weighted by Gasteiger charge is -2.28. The molecule has 10 heteroatoms. The van der Waals surface area contributed by atoms with Crippen LogP contribution in [-0.2, 0) is 6.18 Å². The molecule has 0 saturated carbocycles. The Morgan fingerprint density at radius 2 is 1.62 bits per heavy atom. The summed E-state index contributed by atoms with van der Waals surface area (Å²) in [5, 5.41) is 3.32. The Morgan fingerprint density at radius 1 is 0.875 bits per heavy atom. The van der Waals surface area contributed by atoms with Crippen molar-refractivity contribution < 1.29 is 13.2 Å². The van der Waals surface area contributed by atoms with E-state index >= 15 is 0 Å². The molecule has 3 N–H and O–H groups in total. The monoisotopic (exact) mass is 439 g/mol. The summed E-state index contributed by atoms with van der Waals surface area (Å²) in [6, 6.07) is 8.44. The molecule has 7 nitrogen and oxygen atoms in total. The number of nitrogen functional groups attached to an aromatic ring is 1. The second-order valence-electron chi connectivity index (χ2n) is 7.59. The first kappa shape index (κ1) is 20.3. The summed E-state index contributed by atoms with van der Waals surface area (Å²) in [4.78, 5) is 15.0. The van der Waals surface area contributed by atoms with E-state index in [0.717, 1.165) is 49.3 Å². The van der Waals surface area contributed by atoms with E-state index in [0.29, 0.717) is 16.8 Å². The number of pyridine rings is 3. The van der Waals surface area contributed by atoms with E-state index in [1.807, 2.05) is 16.5 Å². The van der Waals surface area contributed by atoms with Crippen molar-refractivity contribution in [2.24, 2.45) is 0 Å². The molecule has 1 aliphatic heterocycles. The predicted octanol–water partition coefficient (Wildman–Crippen LogP) is 3.47. The number of piperazine rings is 1. The maximum atomic E-state index is 13.3. The normalized spacial score (nSPS) is 14.8. The molecule has 1 saturated heterocycles. The van der Waals surface area contributed by atoms with Crippen LogP contribution in [0.5, 0.6) is 0 Å². The number of imidazole rings is 1. The molecule has 4 aromatic heterocycles. The van der Waals surface area contributed by atoms with Crippen LogP contribution in [-0.4, -0.2) is 45.5 Å². The maximum Gasteiger partial charge on any atom is 0.419 e. The summed E-state index contributed by atoms with van der Waals surface area (Å²) in [6.07, 6.45) is 2.03. The fraction of sp³-hybridized carbons (Fsp3) is 0.227. The predicted molar refractivity (Wildman–Crippen MR) is 116 cm³/mol. The summed E-state index contributed by atoms with van der Waals surface area (Å²) in [5.41, 5.74) is 7.70. The lowest BCUT2D eigenvalue weighted by Crippen LogP contribution is -2.43. The van der Waals surface area contributed by atoms with Gasteiger partial charge in [-0.05, 0) is 30.3 Å². The smallest absolute Gasteiger partial charge is 0.383 e. The van der Waals surface area contributed by atoms with E-state index in [4.69, 9.17) is 5.73 Å². The topological polar surface area (TPSA) is 84.4 Å². The van der Waals surface area contributed by atoms with Crippen LogP contribution in [0, 0.1) is 0 Å². The Bertz CT molecular complexity index is 1260. The van der Waals surface area contributed by atoms with Gasteiger partial charge < -0.3 is 16.0 Å². The number of nitrogens with two attached hydrogens (primary N) is 1. The van der Waals surface area contributed by atoms with Crippen LogP contribution in [0.2, 0.25) is 0 Å². The van der Waals surface area contributed by atoms with Crippen molar-refractivity contribution >= 4 is 17.3 Å². The van der Waals surface area contributed by atoms with E-state index in [2.05, 4.69) is 25.2 Å². The van der Waals surface area contributed by atoms with Crippen molar-refractivity contribution in [1.29, 1.82) is 0 Å². The second kappa shape index (κ2) is 7.79. The molecular weight excluding hydrogens is 419 g/mol. The summed E-state index contributed by atoms with van der Waals surface area (Å²) in [5.74, 6) is 0.374. The molecule has 32 heavy (non-hydrogen) atoms. The third-order valence-corrected chi connectivity index (χ3v) is 5.55. The van der Waals surface area contributed by atoms with Gasteiger partial charge in [-0.15, -0.1) is 0 Å². The third-order valence-electron chi connectivity index (χ3n) is 5.55. The van der Waals surface area contributed by atoms with Gasteiger partial charge in [0.15, 0.2) is 0 Å². The Morgan fingerprint density at radius 3 is 2.34 bits per heavy atom. The van der Waals surface area contributed by atoms with E-state index in [-0.39, 0.29) is 0 Å². The molecule has 0 bridgehead atoms. The summed E-state index contributed by atoms with van der Waals surface area (Å²) >= 11 is 0. The Hall–Kier alpha value is -3.66. The number of nitrogens with zero attached hydrogens (tertiary/aromatic N) is 5. The van der Waals surface area contributed by atoms with Crippen molar-refractivity contribution in [3.8, 4) is 22.4 Å². The number of aromatic nitrogens is 4. The van der Waals surface area contributed by atoms with Gasteiger partial charge in [0.2, 0.25) is 0 Å². The SMILES string of the molecule is Nc1ncc(-c2ccc3ncc(-c4ccc(N5CCNCC5)nc4)n3c2)cc1C(F)(F)F. The van der Waals surface area contributed by atoms with E-state index < -0.39 is 17.6 Å². The third kappa shape index (κ3) is 3.73. The number of nitrogens with one attached hydrogen (secondary N) is 1. The molecule has 0 aliphatic carbocycles. The van der Waals surface area contributed by atoms with Crippen LogP contribution in [0.4, 0.5) is 24.8 Å². The zero-order valence-electron chi connectivity index (χ0n) is 17.0. The number of rotatable bonds is 3. The number of halogens is 3. The van der Waals surface area contributed by atoms with Gasteiger partial charge in [-0.25, -0.2) is 15.0 Å². The molecule has 0 atom stereocenters. The molecule has 5 rings (SSSR count). The van der Waals surface area contributed by atoms with Crippen LogP contribution in [0.1, 0.15) is 5.56 Å². The molecule has 4 aromatic rings. The molecule has 5 heterocycles. The fourth-order valence-electron chi connectivity index (χ4n) is 3.84. The standard InChI is InChI=1S/C22H20F3N7/c23-22(24,25)17-9-16(11-30-21(17)26)15-2-4-20-29-12-18(32(20)13-15)14-1-3-19(28-10-14)31-7-5-27-6-8-31/h1-4,9-13,27H,5-8H2,(H2,26,30). The minimum atomic E-state index is -4.57. The van der Waals surface area contributed by atoms with E-state index in [9.17, 15) is 13.2 Å². The quantitative estimate of drug-likeness (QED) is 0.509. The van der Waals surface area contributed by atoms with Gasteiger partial charge in [0.1, 0.15) is 17.3 Å². The summed E-state index contributed by atoms with van der Waals surface area (Å²) in [6.45, 7) is 3.66. The first-order valence-corrected chi connectivity index (χ1v) is 10.1. The molecule has 0 amide bonds. The zero-order valence-corrected chi connectivity index (χ0v) is 17.0. The lowest BCUT2D eigenvalue weighted by atomic mass is 10.1. The number of anilines is 2. The molecule has 164 valence electrons. The van der Waals surface area contributed by atoms with Crippen molar-refractivity contribution in [2.45, 2.75) is 6.18 Å². The second-order valence-corrected chi connectivity index (χ2v) is 7.59. The molecular formula is C22H20F3N7. The van der Waals surface area contributed by atoms with Gasteiger partial charge in [0.05, 0.1) is 17.5 Å². The Balaban J connectivity index is 1.51. The average molecular weight is 439 g/mol. The van der Waals surface area contributed by atoms with Gasteiger partial charge in [-0.3, -0.25) is 4.40 Å². The van der Waals surface area contributed by atoms with Crippen molar-refractivity contribution in [3.05, 3.63) is 60.7 Å². The summed E-state index contributed by atoms with van der Waals surface area (Å²) in [7, 11) is 0. The Labute approximate surface area is 181 Å². The van der Waals surface area contributed by atoms with E-state index in [1.54, 1.807) is 30.7 Å². The largest absolute Gasteiger partial charge is 0.419 e. The van der Waals surface area contributed by atoms with Crippen molar-refractivity contribution in [3.63, 3.8) is 0 Å². The van der Waals surface area contributed by atoms with Gasteiger partial charge in [0.25, 0.3) is 0 Å². The highest BCUT2D eigenvalue weighted by Gasteiger charge is 2.34. The van der Waals surface area contributed by atoms with Crippen molar-refractivity contribution in [2.75, 3.05) is 36.8 Å². The molecule has 0 aromatic carbocycles. The molecule has 0 unspecified atom stereocenters. The fourth-order valence-corrected chi connectivity index (χ4v) is 3.84. The highest BCUT2D eigenvalue weighted by molar-refractivity contribution is 5.70. The minimum absolute atomic E-state index is 0.320. The van der Waals surface area contributed by atoms with Crippen molar-refractivity contribution in [1.82, 2.24) is 24.7 Å². The summed E-state index contributed by atoms with van der Waals surface area (Å²) < 4.78 is 41.6. The molecule has 1 fully saturated rings. The van der Waals surface area contributed by atoms with Gasteiger partial charge in [-0.1, -0.05) is 0 Å². The maximum absolute atomic E-state index is 13.3. The number of alkyl halides is 3. The van der Waals surface area contributed by atoms with E-state index in [1.165, 1.54) is 6.20 Å². The molecule has 0 spiro atoms. The van der Waals surface area contributed by atoms with Gasteiger partial charge >= 0.3 is 6.18 Å². The van der Waals surface area contributed by atoms with Crippen LogP contribution in [0.25, 0.3) is 28.0 Å². The highest BCUT2D eigenvalue weighted by atomic mass is 19.4. The van der Waals surface area contributed by atoms with Crippen LogP contribution < -0.4 is 16.0 Å². The van der Waals surface area contributed by atoms with Crippen LogP contribution in [0.15, 0.2) is 55.1 Å².